The van der Waals surface area contributed by atoms with Crippen molar-refractivity contribution in [2.75, 3.05) is 6.54 Å². The summed E-state index contributed by atoms with van der Waals surface area (Å²) in [5, 5.41) is 18.7. The standard InChI is InChI=1S/C18H38N.C11H8O6S.Na/c1-2-3-4-5-6-7-8-9-10-11-12-13-14-15-16-17-18-19;12-10-7-4-2-1-3-6(7)9(18(15,16)17)5-8(10)11(13)14;/h19H,2-18H2,1H3;1-5,12H,(H,13,14)(H,15,16,17);/q-1;;+1. The Labute approximate surface area is 251 Å². The molecule has 2 aromatic rings. The number of benzene rings is 2. The average molecular weight is 560 g/mol. The normalized spacial score (nSPS) is 11.0. The Morgan fingerprint density at radius 3 is 1.53 bits per heavy atom. The summed E-state index contributed by atoms with van der Waals surface area (Å²) < 4.78 is 31.5. The maximum absolute atomic E-state index is 11.2. The quantitative estimate of drug-likeness (QED) is 0.120. The van der Waals surface area contributed by atoms with Crippen LogP contribution in [-0.2, 0) is 10.1 Å². The van der Waals surface area contributed by atoms with E-state index in [1.54, 1.807) is 0 Å². The first-order valence-electron chi connectivity index (χ1n) is 13.8. The number of fused-ring (bicyclic) bond motifs is 1. The summed E-state index contributed by atoms with van der Waals surface area (Å²) >= 11 is 0. The Kier molecular flexibility index (Phi) is 21.0. The molecule has 0 atom stereocenters. The summed E-state index contributed by atoms with van der Waals surface area (Å²) in [7, 11) is -4.58. The first-order chi connectivity index (χ1) is 17.7. The Bertz CT molecular complexity index is 1010. The number of carboxylic acids is 1. The molecule has 210 valence electrons. The van der Waals surface area contributed by atoms with Crippen LogP contribution in [0.15, 0.2) is 35.2 Å². The molecule has 0 bridgehead atoms. The number of unbranched alkanes of at least 4 members (excludes halogenated alkanes) is 15. The van der Waals surface area contributed by atoms with E-state index in [1.165, 1.54) is 121 Å². The van der Waals surface area contributed by atoms with Gasteiger partial charge in [-0.15, -0.1) is 0 Å². The van der Waals surface area contributed by atoms with Gasteiger partial charge in [0.25, 0.3) is 10.1 Å². The van der Waals surface area contributed by atoms with Crippen LogP contribution in [0.3, 0.4) is 0 Å². The third kappa shape index (κ3) is 14.8. The van der Waals surface area contributed by atoms with Crippen LogP contribution in [0.2, 0.25) is 0 Å². The molecule has 0 aliphatic heterocycles. The van der Waals surface area contributed by atoms with Crippen LogP contribution < -0.4 is 29.6 Å². The van der Waals surface area contributed by atoms with Crippen LogP contribution in [0.25, 0.3) is 16.5 Å². The number of hydrogen-bond donors (Lipinski definition) is 3. The fourth-order valence-electron chi connectivity index (χ4n) is 4.38. The second-order valence-electron chi connectivity index (χ2n) is 9.65. The molecule has 9 heteroatoms. The van der Waals surface area contributed by atoms with Gasteiger partial charge in [0.15, 0.2) is 0 Å². The van der Waals surface area contributed by atoms with Crippen molar-refractivity contribution in [2.45, 2.75) is 115 Å². The van der Waals surface area contributed by atoms with Crippen molar-refractivity contribution in [1.82, 2.24) is 0 Å². The van der Waals surface area contributed by atoms with Crippen LogP contribution in [0, 0.1) is 0 Å². The molecule has 0 radical (unpaired) electrons. The Morgan fingerprint density at radius 1 is 0.763 bits per heavy atom. The average Bonchev–Trinajstić information content (AvgIpc) is 2.86. The van der Waals surface area contributed by atoms with E-state index in [-0.39, 0.29) is 40.3 Å². The minimum atomic E-state index is -4.58. The molecule has 0 aliphatic rings. The number of nitrogens with one attached hydrogen (secondary N) is 1. The van der Waals surface area contributed by atoms with Crippen LogP contribution in [0.4, 0.5) is 0 Å². The maximum Gasteiger partial charge on any atom is 1.00 e. The number of rotatable bonds is 18. The third-order valence-electron chi connectivity index (χ3n) is 6.52. The summed E-state index contributed by atoms with van der Waals surface area (Å²) in [6.45, 7) is 2.91. The van der Waals surface area contributed by atoms with Gasteiger partial charge in [0.1, 0.15) is 16.2 Å². The molecule has 0 amide bonds. The van der Waals surface area contributed by atoms with Crippen molar-refractivity contribution in [2.24, 2.45) is 0 Å². The van der Waals surface area contributed by atoms with Crippen LogP contribution in [-0.4, -0.2) is 35.7 Å². The van der Waals surface area contributed by atoms with E-state index in [1.807, 2.05) is 0 Å². The Morgan fingerprint density at radius 2 is 1.16 bits per heavy atom. The summed E-state index contributed by atoms with van der Waals surface area (Å²) in [6, 6.07) is 6.49. The van der Waals surface area contributed by atoms with Crippen molar-refractivity contribution in [3.05, 3.63) is 41.6 Å². The molecular formula is C29H46NNaO6S. The third-order valence-corrected chi connectivity index (χ3v) is 7.41. The summed E-state index contributed by atoms with van der Waals surface area (Å²) in [5.41, 5.74) is 6.49. The molecule has 0 saturated heterocycles. The minimum absolute atomic E-state index is 0. The van der Waals surface area contributed by atoms with Gasteiger partial charge in [-0.25, -0.2) is 4.79 Å². The predicted molar refractivity (Wildman–Crippen MR) is 151 cm³/mol. The monoisotopic (exact) mass is 559 g/mol. The molecule has 0 fully saturated rings. The number of carbonyl (C=O) groups is 1. The van der Waals surface area contributed by atoms with Crippen LogP contribution in [0.1, 0.15) is 120 Å². The van der Waals surface area contributed by atoms with E-state index in [9.17, 15) is 18.3 Å². The molecule has 4 N–H and O–H groups in total. The number of hydrogen-bond acceptors (Lipinski definition) is 4. The van der Waals surface area contributed by atoms with Gasteiger partial charge in [-0.05, 0) is 6.07 Å². The van der Waals surface area contributed by atoms with Crippen LogP contribution >= 0.6 is 0 Å². The van der Waals surface area contributed by atoms with E-state index in [4.69, 9.17) is 15.4 Å². The molecule has 0 heterocycles. The molecule has 2 rings (SSSR count). The van der Waals surface area contributed by atoms with E-state index in [0.29, 0.717) is 6.54 Å². The molecule has 0 aliphatic carbocycles. The molecule has 2 aromatic carbocycles. The van der Waals surface area contributed by atoms with Gasteiger partial charge >= 0.3 is 35.5 Å². The first-order valence-corrected chi connectivity index (χ1v) is 15.3. The Balaban J connectivity index is 0.000000702. The number of phenols is 1. The van der Waals surface area contributed by atoms with E-state index >= 15 is 0 Å². The molecule has 0 unspecified atom stereocenters. The summed E-state index contributed by atoms with van der Waals surface area (Å²) in [6.07, 6.45) is 22.5. The largest absolute Gasteiger partial charge is 1.00 e. The van der Waals surface area contributed by atoms with E-state index in [2.05, 4.69) is 6.92 Å². The molecule has 7 nitrogen and oxygen atoms in total. The van der Waals surface area contributed by atoms with Gasteiger partial charge in [0, 0.05) is 10.8 Å². The molecule has 0 saturated carbocycles. The molecule has 0 spiro atoms. The second kappa shape index (κ2) is 21.6. The van der Waals surface area contributed by atoms with Gasteiger partial charge in [0.2, 0.25) is 0 Å². The number of aromatic carboxylic acids is 1. The van der Waals surface area contributed by atoms with Gasteiger partial charge in [-0.2, -0.15) is 15.0 Å². The molecular weight excluding hydrogens is 513 g/mol. The molecule has 0 aromatic heterocycles. The van der Waals surface area contributed by atoms with Crippen LogP contribution in [0.5, 0.6) is 5.75 Å². The fraction of sp³-hybridized carbons (Fsp3) is 0.621. The number of aromatic hydroxyl groups is 1. The van der Waals surface area contributed by atoms with E-state index < -0.39 is 32.3 Å². The summed E-state index contributed by atoms with van der Waals surface area (Å²) in [5.74, 6) is -2.02. The minimum Gasteiger partial charge on any atom is -0.677 e. The number of carboxylic acid groups (broad SMARTS) is 1. The van der Waals surface area contributed by atoms with Gasteiger partial charge in [0.05, 0.1) is 0 Å². The van der Waals surface area contributed by atoms with E-state index in [0.717, 1.165) is 12.5 Å². The zero-order valence-corrected chi connectivity index (χ0v) is 26.2. The van der Waals surface area contributed by atoms with Crippen molar-refractivity contribution in [3.8, 4) is 5.75 Å². The Hall–Kier alpha value is -1.16. The van der Waals surface area contributed by atoms with Crippen molar-refractivity contribution < 1.29 is 57.5 Å². The predicted octanol–water partition coefficient (Wildman–Crippen LogP) is 5.79. The van der Waals surface area contributed by atoms with Crippen molar-refractivity contribution in [1.29, 1.82) is 0 Å². The second-order valence-corrected chi connectivity index (χ2v) is 11.0. The zero-order valence-electron chi connectivity index (χ0n) is 23.4. The SMILES string of the molecule is CCCCCCCCCCCCCCCCCC[NH-].O=C(O)c1cc(S(=O)(=O)O)c2ccccc2c1O.[Na+]. The first kappa shape index (κ1) is 36.8. The van der Waals surface area contributed by atoms with Gasteiger partial charge in [-0.1, -0.05) is 134 Å². The smallest absolute Gasteiger partial charge is 0.677 e. The summed E-state index contributed by atoms with van der Waals surface area (Å²) in [4.78, 5) is 10.4. The van der Waals surface area contributed by atoms with Crippen molar-refractivity contribution in [3.63, 3.8) is 0 Å². The maximum atomic E-state index is 11.2. The van der Waals surface area contributed by atoms with Gasteiger partial charge < -0.3 is 15.9 Å². The molecule has 38 heavy (non-hydrogen) atoms. The fourth-order valence-corrected chi connectivity index (χ4v) is 5.10. The van der Waals surface area contributed by atoms with Crippen molar-refractivity contribution >= 4 is 26.9 Å². The van der Waals surface area contributed by atoms with Gasteiger partial charge in [-0.3, -0.25) is 4.55 Å². The zero-order chi connectivity index (χ0) is 27.5. The topological polar surface area (TPSA) is 136 Å².